The van der Waals surface area contributed by atoms with Gasteiger partial charge in [0.1, 0.15) is 5.75 Å². The summed E-state index contributed by atoms with van der Waals surface area (Å²) < 4.78 is 5.03. The highest BCUT2D eigenvalue weighted by molar-refractivity contribution is 5.47. The second-order valence-electron chi connectivity index (χ2n) is 2.18. The number of terminal acetylenes is 1. The lowest BCUT2D eigenvalue weighted by atomic mass is 10.1. The lowest BCUT2D eigenvalue weighted by Gasteiger charge is -2.02. The quantitative estimate of drug-likeness (QED) is 0.548. The fourth-order valence-corrected chi connectivity index (χ4v) is 0.855. The summed E-state index contributed by atoms with van der Waals surface area (Å²) in [7, 11) is 1.59. The van der Waals surface area contributed by atoms with Gasteiger partial charge in [-0.3, -0.25) is 0 Å². The Morgan fingerprint density at radius 3 is 2.82 bits per heavy atom. The summed E-state index contributed by atoms with van der Waals surface area (Å²) in [6.45, 7) is 3.76. The van der Waals surface area contributed by atoms with Gasteiger partial charge in [-0.25, -0.2) is 0 Å². The van der Waals surface area contributed by atoms with Crippen molar-refractivity contribution in [2.75, 3.05) is 7.11 Å². The first-order chi connectivity index (χ1) is 5.27. The molecule has 0 bridgehead atoms. The van der Waals surface area contributed by atoms with Crippen molar-refractivity contribution in [2.24, 2.45) is 0 Å². The highest BCUT2D eigenvalue weighted by Gasteiger charge is 1.97. The van der Waals surface area contributed by atoms with Crippen LogP contribution in [0.2, 0.25) is 0 Å². The SMILES string of the molecule is C#Cc1ccc([CH2])cc1OC. The molecule has 1 nitrogen and oxygen atoms in total. The topological polar surface area (TPSA) is 9.23 Å². The predicted molar refractivity (Wildman–Crippen MR) is 45.4 cm³/mol. The first kappa shape index (κ1) is 7.68. The first-order valence-corrected chi connectivity index (χ1v) is 3.24. The van der Waals surface area contributed by atoms with E-state index < -0.39 is 0 Å². The molecule has 0 aromatic heterocycles. The van der Waals surface area contributed by atoms with E-state index in [1.54, 1.807) is 7.11 Å². The van der Waals surface area contributed by atoms with Crippen molar-refractivity contribution in [2.45, 2.75) is 0 Å². The van der Waals surface area contributed by atoms with Gasteiger partial charge in [0.25, 0.3) is 0 Å². The Bertz CT molecular complexity index is 294. The Balaban J connectivity index is 3.19. The molecule has 0 amide bonds. The summed E-state index contributed by atoms with van der Waals surface area (Å²) in [6.07, 6.45) is 5.23. The van der Waals surface area contributed by atoms with E-state index in [2.05, 4.69) is 12.8 Å². The molecular weight excluding hydrogens is 136 g/mol. The average Bonchev–Trinajstić information content (AvgIpc) is 2.04. The van der Waals surface area contributed by atoms with Crippen LogP contribution in [0.25, 0.3) is 0 Å². The van der Waals surface area contributed by atoms with Crippen LogP contribution in [-0.2, 0) is 0 Å². The first-order valence-electron chi connectivity index (χ1n) is 3.24. The number of hydrogen-bond donors (Lipinski definition) is 0. The van der Waals surface area contributed by atoms with Gasteiger partial charge in [-0.1, -0.05) is 12.0 Å². The van der Waals surface area contributed by atoms with Crippen molar-refractivity contribution in [1.82, 2.24) is 0 Å². The van der Waals surface area contributed by atoms with E-state index >= 15 is 0 Å². The second kappa shape index (κ2) is 3.12. The zero-order valence-electron chi connectivity index (χ0n) is 6.42. The van der Waals surface area contributed by atoms with Crippen LogP contribution in [0.15, 0.2) is 18.2 Å². The fourth-order valence-electron chi connectivity index (χ4n) is 0.855. The molecule has 11 heavy (non-hydrogen) atoms. The monoisotopic (exact) mass is 145 g/mol. The molecule has 1 aromatic rings. The third-order valence-electron chi connectivity index (χ3n) is 1.42. The summed E-state index contributed by atoms with van der Waals surface area (Å²) in [5, 5.41) is 0. The molecule has 0 aliphatic heterocycles. The number of rotatable bonds is 1. The van der Waals surface area contributed by atoms with Crippen LogP contribution in [0.3, 0.4) is 0 Å². The summed E-state index contributed by atoms with van der Waals surface area (Å²) >= 11 is 0. The molecule has 0 N–H and O–H groups in total. The van der Waals surface area contributed by atoms with Gasteiger partial charge in [0.2, 0.25) is 0 Å². The van der Waals surface area contributed by atoms with Crippen LogP contribution >= 0.6 is 0 Å². The van der Waals surface area contributed by atoms with Crippen molar-refractivity contribution >= 4 is 0 Å². The molecule has 0 atom stereocenters. The summed E-state index contributed by atoms with van der Waals surface area (Å²) in [5.74, 6) is 3.23. The van der Waals surface area contributed by atoms with E-state index in [-0.39, 0.29) is 0 Å². The largest absolute Gasteiger partial charge is 0.495 e. The molecule has 0 aliphatic rings. The number of ether oxygens (including phenoxy) is 1. The number of methoxy groups -OCH3 is 1. The van der Waals surface area contributed by atoms with Crippen LogP contribution in [0.1, 0.15) is 11.1 Å². The molecule has 0 unspecified atom stereocenters. The third kappa shape index (κ3) is 1.53. The average molecular weight is 145 g/mol. The van der Waals surface area contributed by atoms with Crippen molar-refractivity contribution in [3.8, 4) is 18.1 Å². The fraction of sp³-hybridized carbons (Fsp3) is 0.100. The minimum atomic E-state index is 0.708. The van der Waals surface area contributed by atoms with Crippen molar-refractivity contribution in [1.29, 1.82) is 0 Å². The van der Waals surface area contributed by atoms with Crippen LogP contribution in [-0.4, -0.2) is 7.11 Å². The van der Waals surface area contributed by atoms with Gasteiger partial charge in [0.15, 0.2) is 0 Å². The number of hydrogen-bond acceptors (Lipinski definition) is 1. The maximum absolute atomic E-state index is 5.23. The highest BCUT2D eigenvalue weighted by Crippen LogP contribution is 2.18. The van der Waals surface area contributed by atoms with E-state index in [4.69, 9.17) is 11.2 Å². The molecule has 0 aliphatic carbocycles. The van der Waals surface area contributed by atoms with E-state index in [9.17, 15) is 0 Å². The van der Waals surface area contributed by atoms with Crippen LogP contribution in [0.5, 0.6) is 5.75 Å². The van der Waals surface area contributed by atoms with Crippen LogP contribution < -0.4 is 4.74 Å². The van der Waals surface area contributed by atoms with E-state index in [0.717, 1.165) is 11.1 Å². The Labute approximate surface area is 67.0 Å². The summed E-state index contributed by atoms with van der Waals surface area (Å²) in [4.78, 5) is 0. The Morgan fingerprint density at radius 1 is 1.55 bits per heavy atom. The Kier molecular flexibility index (Phi) is 2.18. The van der Waals surface area contributed by atoms with E-state index in [1.807, 2.05) is 18.2 Å². The molecular formula is C10H9O. The van der Waals surface area contributed by atoms with Gasteiger partial charge in [-0.15, -0.1) is 6.42 Å². The highest BCUT2D eigenvalue weighted by atomic mass is 16.5. The van der Waals surface area contributed by atoms with E-state index in [1.165, 1.54) is 0 Å². The van der Waals surface area contributed by atoms with Crippen molar-refractivity contribution < 1.29 is 4.74 Å². The van der Waals surface area contributed by atoms with Gasteiger partial charge < -0.3 is 4.74 Å². The predicted octanol–water partition coefficient (Wildman–Crippen LogP) is 1.86. The molecule has 0 spiro atoms. The maximum atomic E-state index is 5.23. The van der Waals surface area contributed by atoms with Gasteiger partial charge >= 0.3 is 0 Å². The molecule has 1 rings (SSSR count). The standard InChI is InChI=1S/C10H9O/c1-4-9-6-5-8(2)7-10(9)11-3/h1,5-7H,2H2,3H3. The molecule has 0 saturated carbocycles. The summed E-state index contributed by atoms with van der Waals surface area (Å²) in [5.41, 5.74) is 1.67. The smallest absolute Gasteiger partial charge is 0.134 e. The molecule has 0 heterocycles. The minimum Gasteiger partial charge on any atom is -0.495 e. The molecule has 0 saturated heterocycles. The van der Waals surface area contributed by atoms with Crippen molar-refractivity contribution in [3.63, 3.8) is 0 Å². The zero-order valence-corrected chi connectivity index (χ0v) is 6.42. The van der Waals surface area contributed by atoms with Gasteiger partial charge in [0.05, 0.1) is 12.7 Å². The van der Waals surface area contributed by atoms with E-state index in [0.29, 0.717) is 5.75 Å². The Hall–Kier alpha value is -1.42. The normalized spacial score (nSPS) is 8.82. The van der Waals surface area contributed by atoms with Crippen LogP contribution in [0.4, 0.5) is 0 Å². The zero-order chi connectivity index (χ0) is 8.27. The molecule has 1 radical (unpaired) electrons. The Morgan fingerprint density at radius 2 is 2.27 bits per heavy atom. The molecule has 1 heteroatoms. The number of benzene rings is 1. The summed E-state index contributed by atoms with van der Waals surface area (Å²) in [6, 6.07) is 5.49. The maximum Gasteiger partial charge on any atom is 0.134 e. The third-order valence-corrected chi connectivity index (χ3v) is 1.42. The molecule has 1 aromatic carbocycles. The minimum absolute atomic E-state index is 0.708. The lowest BCUT2D eigenvalue weighted by Crippen LogP contribution is -1.87. The van der Waals surface area contributed by atoms with Gasteiger partial charge in [-0.2, -0.15) is 0 Å². The molecule has 55 valence electrons. The molecule has 0 fully saturated rings. The second-order valence-corrected chi connectivity index (χ2v) is 2.18. The van der Waals surface area contributed by atoms with Gasteiger partial charge in [-0.05, 0) is 24.6 Å². The van der Waals surface area contributed by atoms with Crippen molar-refractivity contribution in [3.05, 3.63) is 36.2 Å². The van der Waals surface area contributed by atoms with Crippen LogP contribution in [0, 0.1) is 19.3 Å². The van der Waals surface area contributed by atoms with Gasteiger partial charge in [0, 0.05) is 0 Å². The lowest BCUT2D eigenvalue weighted by molar-refractivity contribution is 0.413.